The Kier molecular flexibility index (Phi) is 4.96. The maximum atomic E-state index is 12.8. The average Bonchev–Trinajstić information content (AvgIpc) is 3.17. The Morgan fingerprint density at radius 3 is 2.96 bits per heavy atom. The van der Waals surface area contributed by atoms with Crippen molar-refractivity contribution in [2.45, 2.75) is 43.9 Å². The van der Waals surface area contributed by atoms with Crippen molar-refractivity contribution in [3.8, 4) is 0 Å². The van der Waals surface area contributed by atoms with Crippen LogP contribution in [0.2, 0.25) is 5.02 Å². The Bertz CT molecular complexity index is 835. The van der Waals surface area contributed by atoms with Gasteiger partial charge in [-0.2, -0.15) is 5.10 Å². The number of rotatable bonds is 5. The maximum Gasteiger partial charge on any atom is 0.241 e. The van der Waals surface area contributed by atoms with Gasteiger partial charge in [0.05, 0.1) is 17.1 Å². The lowest BCUT2D eigenvalue weighted by Gasteiger charge is -2.19. The summed E-state index contributed by atoms with van der Waals surface area (Å²) in [5, 5.41) is 4.63. The highest BCUT2D eigenvalue weighted by atomic mass is 35.5. The lowest BCUT2D eigenvalue weighted by Crippen LogP contribution is -2.37. The van der Waals surface area contributed by atoms with E-state index in [1.54, 1.807) is 29.9 Å². The van der Waals surface area contributed by atoms with E-state index in [2.05, 4.69) is 9.82 Å². The smallest absolute Gasteiger partial charge is 0.241 e. The molecule has 0 radical (unpaired) electrons. The number of nitrogens with zero attached hydrogens (tertiary/aromatic N) is 2. The Hall–Kier alpha value is -1.41. The molecule has 1 saturated heterocycles. The summed E-state index contributed by atoms with van der Waals surface area (Å²) >= 11 is 5.95. The fourth-order valence-corrected chi connectivity index (χ4v) is 4.64. The first-order chi connectivity index (χ1) is 11.4. The van der Waals surface area contributed by atoms with Gasteiger partial charge in [0, 0.05) is 29.9 Å². The van der Waals surface area contributed by atoms with Gasteiger partial charge in [-0.25, -0.2) is 13.1 Å². The summed E-state index contributed by atoms with van der Waals surface area (Å²) in [6, 6.07) is 4.52. The number of aromatic nitrogens is 2. The van der Waals surface area contributed by atoms with E-state index in [4.69, 9.17) is 16.3 Å². The highest BCUT2D eigenvalue weighted by Gasteiger charge is 2.34. The van der Waals surface area contributed by atoms with Crippen LogP contribution in [0.1, 0.15) is 30.6 Å². The quantitative estimate of drug-likeness (QED) is 0.879. The summed E-state index contributed by atoms with van der Waals surface area (Å²) in [5.41, 5.74) is 1.53. The number of hydrogen-bond donors (Lipinski definition) is 1. The molecule has 3 rings (SSSR count). The van der Waals surface area contributed by atoms with E-state index in [9.17, 15) is 8.42 Å². The number of halogens is 1. The summed E-state index contributed by atoms with van der Waals surface area (Å²) < 4.78 is 35.8. The van der Waals surface area contributed by atoms with Crippen molar-refractivity contribution in [3.05, 3.63) is 46.7 Å². The minimum atomic E-state index is -3.68. The van der Waals surface area contributed by atoms with E-state index in [1.165, 1.54) is 6.07 Å². The number of sulfonamides is 1. The summed E-state index contributed by atoms with van der Waals surface area (Å²) in [6.45, 7) is 5.00. The molecule has 6 nitrogen and oxygen atoms in total. The van der Waals surface area contributed by atoms with E-state index in [0.717, 1.165) is 12.1 Å². The van der Waals surface area contributed by atoms with Crippen LogP contribution < -0.4 is 4.72 Å². The molecule has 0 saturated carbocycles. The first-order valence-electron chi connectivity index (χ1n) is 7.83. The predicted molar refractivity (Wildman–Crippen MR) is 91.5 cm³/mol. The fraction of sp³-hybridized carbons (Fsp3) is 0.438. The van der Waals surface area contributed by atoms with Crippen molar-refractivity contribution in [3.63, 3.8) is 0 Å². The number of ether oxygens (including phenoxy) is 1. The van der Waals surface area contributed by atoms with Crippen LogP contribution in [0.25, 0.3) is 0 Å². The summed E-state index contributed by atoms with van der Waals surface area (Å²) in [4.78, 5) is 0.199. The first-order valence-corrected chi connectivity index (χ1v) is 9.69. The molecule has 0 spiro atoms. The standard InChI is InChI=1S/C16H20ClN3O3S/c1-3-20-10-12(9-18-20)16-14(6-7-23-16)19-24(21,22)15-8-13(17)5-4-11(15)2/h4-5,8-10,14,16,19H,3,6-7H2,1-2H3/t14-,16+/m0/s1. The fourth-order valence-electron chi connectivity index (χ4n) is 2.86. The van der Waals surface area contributed by atoms with Gasteiger partial charge in [0.25, 0.3) is 0 Å². The second-order valence-electron chi connectivity index (χ2n) is 5.85. The third kappa shape index (κ3) is 3.49. The van der Waals surface area contributed by atoms with Crippen molar-refractivity contribution in [2.75, 3.05) is 6.61 Å². The van der Waals surface area contributed by atoms with Crippen LogP contribution in [0.4, 0.5) is 0 Å². The Labute approximate surface area is 146 Å². The van der Waals surface area contributed by atoms with Gasteiger partial charge in [0.1, 0.15) is 6.10 Å². The molecule has 1 aliphatic rings. The predicted octanol–water partition coefficient (Wildman–Crippen LogP) is 2.67. The van der Waals surface area contributed by atoms with Crippen molar-refractivity contribution >= 4 is 21.6 Å². The first kappa shape index (κ1) is 17.4. The lowest BCUT2D eigenvalue weighted by atomic mass is 10.1. The zero-order valence-corrected chi connectivity index (χ0v) is 15.1. The van der Waals surface area contributed by atoms with Gasteiger partial charge in [0.2, 0.25) is 10.0 Å². The molecule has 1 aromatic heterocycles. The molecule has 0 amide bonds. The Balaban J connectivity index is 1.84. The molecule has 0 bridgehead atoms. The Morgan fingerprint density at radius 1 is 1.46 bits per heavy atom. The maximum absolute atomic E-state index is 12.8. The van der Waals surface area contributed by atoms with Crippen LogP contribution in [0.15, 0.2) is 35.5 Å². The summed E-state index contributed by atoms with van der Waals surface area (Å²) in [7, 11) is -3.68. The largest absolute Gasteiger partial charge is 0.372 e. The van der Waals surface area contributed by atoms with Crippen molar-refractivity contribution in [2.24, 2.45) is 0 Å². The zero-order chi connectivity index (χ0) is 17.3. The molecule has 0 aliphatic carbocycles. The minimum absolute atomic E-state index is 0.199. The molecule has 1 aliphatic heterocycles. The monoisotopic (exact) mass is 369 g/mol. The molecule has 24 heavy (non-hydrogen) atoms. The van der Waals surface area contributed by atoms with Gasteiger partial charge < -0.3 is 4.74 Å². The molecule has 1 aromatic carbocycles. The molecular weight excluding hydrogens is 350 g/mol. The molecule has 2 aromatic rings. The highest BCUT2D eigenvalue weighted by molar-refractivity contribution is 7.89. The normalized spacial score (nSPS) is 21.3. The van der Waals surface area contributed by atoms with Crippen LogP contribution in [0, 0.1) is 6.92 Å². The van der Waals surface area contributed by atoms with Gasteiger partial charge in [-0.15, -0.1) is 0 Å². The van der Waals surface area contributed by atoms with E-state index >= 15 is 0 Å². The molecule has 2 atom stereocenters. The van der Waals surface area contributed by atoms with Gasteiger partial charge in [-0.05, 0) is 38.0 Å². The van der Waals surface area contributed by atoms with E-state index in [1.807, 2.05) is 13.1 Å². The van der Waals surface area contributed by atoms with Crippen molar-refractivity contribution in [1.82, 2.24) is 14.5 Å². The van der Waals surface area contributed by atoms with Crippen molar-refractivity contribution < 1.29 is 13.2 Å². The highest BCUT2D eigenvalue weighted by Crippen LogP contribution is 2.30. The molecule has 1 N–H and O–H groups in total. The van der Waals surface area contributed by atoms with Gasteiger partial charge in [-0.3, -0.25) is 4.68 Å². The van der Waals surface area contributed by atoms with Gasteiger partial charge >= 0.3 is 0 Å². The lowest BCUT2D eigenvalue weighted by molar-refractivity contribution is 0.102. The number of nitrogens with one attached hydrogen (secondary N) is 1. The van der Waals surface area contributed by atoms with Crippen LogP contribution in [-0.2, 0) is 21.3 Å². The van der Waals surface area contributed by atoms with Crippen molar-refractivity contribution in [1.29, 1.82) is 0 Å². The number of hydrogen-bond acceptors (Lipinski definition) is 4. The SMILES string of the molecule is CCn1cc([C@H]2OCC[C@@H]2NS(=O)(=O)c2cc(Cl)ccc2C)cn1. The third-order valence-corrected chi connectivity index (χ3v) is 6.01. The van der Waals surface area contributed by atoms with Crippen LogP contribution in [0.3, 0.4) is 0 Å². The molecule has 0 unspecified atom stereocenters. The van der Waals surface area contributed by atoms with Gasteiger partial charge in [0.15, 0.2) is 0 Å². The summed E-state index contributed by atoms with van der Waals surface area (Å²) in [6.07, 6.45) is 3.90. The van der Waals surface area contributed by atoms with E-state index in [0.29, 0.717) is 23.6 Å². The Morgan fingerprint density at radius 2 is 2.25 bits per heavy atom. The number of aryl methyl sites for hydroxylation is 2. The second-order valence-corrected chi connectivity index (χ2v) is 7.97. The molecule has 8 heteroatoms. The molecule has 1 fully saturated rings. The van der Waals surface area contributed by atoms with E-state index in [-0.39, 0.29) is 17.0 Å². The van der Waals surface area contributed by atoms with Gasteiger partial charge in [-0.1, -0.05) is 17.7 Å². The summed E-state index contributed by atoms with van der Waals surface area (Å²) in [5.74, 6) is 0. The van der Waals surface area contributed by atoms with Crippen LogP contribution >= 0.6 is 11.6 Å². The molecule has 130 valence electrons. The molecular formula is C16H20ClN3O3S. The number of benzene rings is 1. The second kappa shape index (κ2) is 6.84. The third-order valence-electron chi connectivity index (χ3n) is 4.14. The van der Waals surface area contributed by atoms with E-state index < -0.39 is 10.0 Å². The topological polar surface area (TPSA) is 73.2 Å². The van der Waals surface area contributed by atoms with Crippen LogP contribution in [0.5, 0.6) is 0 Å². The van der Waals surface area contributed by atoms with Crippen LogP contribution in [-0.4, -0.2) is 30.8 Å². The average molecular weight is 370 g/mol. The zero-order valence-electron chi connectivity index (χ0n) is 13.6. The molecule has 2 heterocycles. The minimum Gasteiger partial charge on any atom is -0.372 e.